The molecule has 0 unspecified atom stereocenters. The van der Waals surface area contributed by atoms with Gasteiger partial charge in [-0.25, -0.2) is 0 Å². The van der Waals surface area contributed by atoms with Gasteiger partial charge in [-0.1, -0.05) is 23.8 Å². The van der Waals surface area contributed by atoms with Gasteiger partial charge in [0, 0.05) is 6.07 Å². The lowest BCUT2D eigenvalue weighted by Crippen LogP contribution is -1.84. The summed E-state index contributed by atoms with van der Waals surface area (Å²) in [5.41, 5.74) is 4.18. The lowest BCUT2D eigenvalue weighted by molar-refractivity contribution is 0.451. The Morgan fingerprint density at radius 1 is 0.812 bits per heavy atom. The molecule has 0 aliphatic rings. The summed E-state index contributed by atoms with van der Waals surface area (Å²) in [6.07, 6.45) is 0. The van der Waals surface area contributed by atoms with Crippen molar-refractivity contribution in [3.8, 4) is 22.6 Å². The zero-order chi connectivity index (χ0) is 11.7. The molecular weight excluding hydrogens is 200 g/mol. The fourth-order valence-electron chi connectivity index (χ4n) is 1.89. The fraction of sp³-hybridized carbons (Fsp3) is 0.143. The predicted molar refractivity (Wildman–Crippen MR) is 64.7 cm³/mol. The number of rotatable bonds is 1. The van der Waals surface area contributed by atoms with Gasteiger partial charge >= 0.3 is 0 Å². The molecule has 0 aliphatic heterocycles. The Morgan fingerprint density at radius 3 is 2.00 bits per heavy atom. The molecule has 0 spiro atoms. The van der Waals surface area contributed by atoms with Crippen LogP contribution in [0.25, 0.3) is 11.1 Å². The molecule has 0 radical (unpaired) electrons. The van der Waals surface area contributed by atoms with Crippen molar-refractivity contribution < 1.29 is 10.2 Å². The van der Waals surface area contributed by atoms with Crippen LogP contribution >= 0.6 is 0 Å². The van der Waals surface area contributed by atoms with Crippen LogP contribution in [0.15, 0.2) is 36.4 Å². The van der Waals surface area contributed by atoms with Gasteiger partial charge in [0.05, 0.1) is 0 Å². The Kier molecular flexibility index (Phi) is 2.57. The van der Waals surface area contributed by atoms with Crippen LogP contribution in [0.3, 0.4) is 0 Å². The molecule has 2 N–H and O–H groups in total. The van der Waals surface area contributed by atoms with E-state index in [4.69, 9.17) is 0 Å². The van der Waals surface area contributed by atoms with Crippen molar-refractivity contribution in [2.75, 3.05) is 0 Å². The standard InChI is InChI=1S/C14H14O2/c1-9-3-4-14(10(2)5-9)11-6-12(15)8-13(16)7-11/h3-8,15-16H,1-2H3. The average Bonchev–Trinajstić information content (AvgIpc) is 2.15. The topological polar surface area (TPSA) is 40.5 Å². The van der Waals surface area contributed by atoms with E-state index in [0.29, 0.717) is 0 Å². The molecule has 0 fully saturated rings. The Morgan fingerprint density at radius 2 is 1.44 bits per heavy atom. The summed E-state index contributed by atoms with van der Waals surface area (Å²) in [7, 11) is 0. The van der Waals surface area contributed by atoms with E-state index in [2.05, 4.69) is 6.07 Å². The normalized spacial score (nSPS) is 10.4. The minimum atomic E-state index is 0.0787. The summed E-state index contributed by atoms with van der Waals surface area (Å²) >= 11 is 0. The first-order chi connectivity index (χ1) is 7.56. The van der Waals surface area contributed by atoms with Gasteiger partial charge in [-0.05, 0) is 42.7 Å². The first-order valence-corrected chi connectivity index (χ1v) is 5.17. The van der Waals surface area contributed by atoms with Crippen LogP contribution in [-0.2, 0) is 0 Å². The van der Waals surface area contributed by atoms with E-state index in [0.717, 1.165) is 16.7 Å². The van der Waals surface area contributed by atoms with Crippen molar-refractivity contribution in [1.82, 2.24) is 0 Å². The Bertz CT molecular complexity index is 510. The van der Waals surface area contributed by atoms with Gasteiger partial charge < -0.3 is 10.2 Å². The highest BCUT2D eigenvalue weighted by molar-refractivity contribution is 5.70. The zero-order valence-electron chi connectivity index (χ0n) is 9.36. The van der Waals surface area contributed by atoms with Crippen LogP contribution in [0, 0.1) is 13.8 Å². The molecule has 16 heavy (non-hydrogen) atoms. The maximum absolute atomic E-state index is 9.44. The summed E-state index contributed by atoms with van der Waals surface area (Å²) in [4.78, 5) is 0. The van der Waals surface area contributed by atoms with Crippen molar-refractivity contribution in [3.05, 3.63) is 47.5 Å². The third kappa shape index (κ3) is 2.01. The zero-order valence-corrected chi connectivity index (χ0v) is 9.36. The molecule has 2 nitrogen and oxygen atoms in total. The van der Waals surface area contributed by atoms with E-state index in [1.54, 1.807) is 12.1 Å². The molecule has 2 heteroatoms. The fourth-order valence-corrected chi connectivity index (χ4v) is 1.89. The van der Waals surface area contributed by atoms with Crippen molar-refractivity contribution in [3.63, 3.8) is 0 Å². The minimum absolute atomic E-state index is 0.0787. The molecular formula is C14H14O2. The van der Waals surface area contributed by atoms with Crippen LogP contribution in [0.5, 0.6) is 11.5 Å². The quantitative estimate of drug-likeness (QED) is 0.764. The maximum atomic E-state index is 9.44. The van der Waals surface area contributed by atoms with Crippen molar-refractivity contribution in [2.24, 2.45) is 0 Å². The number of phenols is 2. The summed E-state index contributed by atoms with van der Waals surface area (Å²) in [5.74, 6) is 0.157. The van der Waals surface area contributed by atoms with Gasteiger partial charge in [0.1, 0.15) is 11.5 Å². The van der Waals surface area contributed by atoms with Crippen LogP contribution in [0.2, 0.25) is 0 Å². The SMILES string of the molecule is Cc1ccc(-c2cc(O)cc(O)c2)c(C)c1. The molecule has 0 atom stereocenters. The summed E-state index contributed by atoms with van der Waals surface area (Å²) < 4.78 is 0. The Hall–Kier alpha value is -1.96. The van der Waals surface area contributed by atoms with Crippen molar-refractivity contribution >= 4 is 0 Å². The van der Waals surface area contributed by atoms with Gasteiger partial charge in [-0.2, -0.15) is 0 Å². The van der Waals surface area contributed by atoms with Gasteiger partial charge in [0.2, 0.25) is 0 Å². The molecule has 0 bridgehead atoms. The van der Waals surface area contributed by atoms with E-state index in [1.807, 2.05) is 26.0 Å². The molecule has 2 rings (SSSR count). The number of hydrogen-bond acceptors (Lipinski definition) is 2. The highest BCUT2D eigenvalue weighted by atomic mass is 16.3. The van der Waals surface area contributed by atoms with Gasteiger partial charge in [-0.15, -0.1) is 0 Å². The average molecular weight is 214 g/mol. The van der Waals surface area contributed by atoms with E-state index in [1.165, 1.54) is 11.6 Å². The third-order valence-corrected chi connectivity index (χ3v) is 2.60. The molecule has 0 aliphatic carbocycles. The monoisotopic (exact) mass is 214 g/mol. The molecule has 0 saturated carbocycles. The lowest BCUT2D eigenvalue weighted by Gasteiger charge is -2.08. The molecule has 0 heterocycles. The Balaban J connectivity index is 2.58. The number of hydrogen-bond donors (Lipinski definition) is 2. The first kappa shape index (κ1) is 10.6. The maximum Gasteiger partial charge on any atom is 0.119 e. The minimum Gasteiger partial charge on any atom is -0.508 e. The summed E-state index contributed by atoms with van der Waals surface area (Å²) in [6.45, 7) is 4.06. The number of phenolic OH excluding ortho intramolecular Hbond substituents is 2. The highest BCUT2D eigenvalue weighted by Crippen LogP contribution is 2.30. The van der Waals surface area contributed by atoms with Crippen molar-refractivity contribution in [1.29, 1.82) is 0 Å². The van der Waals surface area contributed by atoms with E-state index >= 15 is 0 Å². The van der Waals surface area contributed by atoms with Gasteiger partial charge in [0.25, 0.3) is 0 Å². The molecule has 2 aromatic rings. The second kappa shape index (κ2) is 3.89. The van der Waals surface area contributed by atoms with Crippen LogP contribution in [-0.4, -0.2) is 10.2 Å². The van der Waals surface area contributed by atoms with E-state index in [9.17, 15) is 10.2 Å². The molecule has 82 valence electrons. The van der Waals surface area contributed by atoms with Crippen molar-refractivity contribution in [2.45, 2.75) is 13.8 Å². The van der Waals surface area contributed by atoms with Crippen LogP contribution in [0.1, 0.15) is 11.1 Å². The molecule has 0 saturated heterocycles. The highest BCUT2D eigenvalue weighted by Gasteiger charge is 2.04. The number of benzene rings is 2. The van der Waals surface area contributed by atoms with Gasteiger partial charge in [0.15, 0.2) is 0 Å². The second-order valence-corrected chi connectivity index (χ2v) is 4.06. The second-order valence-electron chi connectivity index (χ2n) is 4.06. The molecule has 0 aromatic heterocycles. The van der Waals surface area contributed by atoms with E-state index < -0.39 is 0 Å². The van der Waals surface area contributed by atoms with E-state index in [-0.39, 0.29) is 11.5 Å². The molecule has 2 aromatic carbocycles. The summed E-state index contributed by atoms with van der Waals surface area (Å²) in [5, 5.41) is 18.9. The number of aromatic hydroxyl groups is 2. The van der Waals surface area contributed by atoms with Gasteiger partial charge in [-0.3, -0.25) is 0 Å². The smallest absolute Gasteiger partial charge is 0.119 e. The third-order valence-electron chi connectivity index (χ3n) is 2.60. The Labute approximate surface area is 94.8 Å². The van der Waals surface area contributed by atoms with Crippen LogP contribution < -0.4 is 0 Å². The summed E-state index contributed by atoms with van der Waals surface area (Å²) in [6, 6.07) is 10.7. The first-order valence-electron chi connectivity index (χ1n) is 5.17. The molecule has 0 amide bonds. The largest absolute Gasteiger partial charge is 0.508 e. The number of aryl methyl sites for hydroxylation is 2. The lowest BCUT2D eigenvalue weighted by atomic mass is 9.98. The predicted octanol–water partition coefficient (Wildman–Crippen LogP) is 3.38. The van der Waals surface area contributed by atoms with Crippen LogP contribution in [0.4, 0.5) is 0 Å².